The van der Waals surface area contributed by atoms with E-state index in [9.17, 15) is 9.59 Å². The summed E-state index contributed by atoms with van der Waals surface area (Å²) in [5, 5.41) is 12.2. The summed E-state index contributed by atoms with van der Waals surface area (Å²) in [4.78, 5) is 23.7. The second kappa shape index (κ2) is 8.32. The Bertz CT molecular complexity index is 574. The Morgan fingerprint density at radius 2 is 1.75 bits per heavy atom. The van der Waals surface area contributed by atoms with Crippen LogP contribution in [-0.4, -0.2) is 23.0 Å². The monoisotopic (exact) mass is 331 g/mol. The van der Waals surface area contributed by atoms with Gasteiger partial charge < -0.3 is 10.4 Å². The van der Waals surface area contributed by atoms with Crippen molar-refractivity contribution in [2.45, 2.75) is 64.8 Å². The van der Waals surface area contributed by atoms with Gasteiger partial charge in [0.25, 0.3) is 0 Å². The van der Waals surface area contributed by atoms with Crippen LogP contribution in [0.3, 0.4) is 0 Å². The summed E-state index contributed by atoms with van der Waals surface area (Å²) in [5.41, 5.74) is 2.34. The van der Waals surface area contributed by atoms with Gasteiger partial charge in [-0.25, -0.2) is 0 Å². The largest absolute Gasteiger partial charge is 0.481 e. The Morgan fingerprint density at radius 1 is 1.12 bits per heavy atom. The van der Waals surface area contributed by atoms with Crippen molar-refractivity contribution < 1.29 is 14.7 Å². The summed E-state index contributed by atoms with van der Waals surface area (Å²) in [6.45, 7) is 6.32. The van der Waals surface area contributed by atoms with Crippen molar-refractivity contribution in [1.29, 1.82) is 0 Å². The molecule has 1 atom stereocenters. The molecule has 4 nitrogen and oxygen atoms in total. The molecule has 1 saturated carbocycles. The number of carboxylic acids is 1. The number of carboxylic acid groups (broad SMARTS) is 1. The Balaban J connectivity index is 1.97. The van der Waals surface area contributed by atoms with Gasteiger partial charge in [-0.15, -0.1) is 0 Å². The Labute approximate surface area is 144 Å². The Hall–Kier alpha value is -1.84. The van der Waals surface area contributed by atoms with Gasteiger partial charge in [0.1, 0.15) is 0 Å². The summed E-state index contributed by atoms with van der Waals surface area (Å²) in [5.74, 6) is -0.548. The third kappa shape index (κ3) is 4.83. The molecule has 2 N–H and O–H groups in total. The molecule has 1 aliphatic carbocycles. The fraction of sp³-hybridized carbons (Fsp3) is 0.600. The predicted molar refractivity (Wildman–Crippen MR) is 94.9 cm³/mol. The van der Waals surface area contributed by atoms with Crippen LogP contribution in [0.15, 0.2) is 24.3 Å². The molecule has 1 amide bonds. The van der Waals surface area contributed by atoms with Crippen LogP contribution >= 0.6 is 0 Å². The molecule has 24 heavy (non-hydrogen) atoms. The smallest absolute Gasteiger partial charge is 0.306 e. The first-order valence-electron chi connectivity index (χ1n) is 8.99. The predicted octanol–water partition coefficient (Wildman–Crippen LogP) is 3.75. The molecule has 1 aliphatic rings. The average Bonchev–Trinajstić information content (AvgIpc) is 2.54. The zero-order chi connectivity index (χ0) is 17.7. The van der Waals surface area contributed by atoms with E-state index in [1.54, 1.807) is 0 Å². The molecule has 1 fully saturated rings. The normalized spacial score (nSPS) is 22.2. The van der Waals surface area contributed by atoms with Crippen molar-refractivity contribution in [3.8, 4) is 0 Å². The van der Waals surface area contributed by atoms with Crippen molar-refractivity contribution >= 4 is 11.9 Å². The third-order valence-electron chi connectivity index (χ3n) is 4.97. The molecule has 0 saturated heterocycles. The summed E-state index contributed by atoms with van der Waals surface area (Å²) < 4.78 is 0. The van der Waals surface area contributed by atoms with Crippen molar-refractivity contribution in [1.82, 2.24) is 5.32 Å². The molecule has 0 heterocycles. The van der Waals surface area contributed by atoms with E-state index < -0.39 is 5.97 Å². The molecule has 4 heteroatoms. The minimum atomic E-state index is -0.712. The SMILES string of the molecule is CC(C)Cc1ccccc1[C@@H](C)C(=O)NC1CCC(C(=O)O)CC1. The standard InChI is InChI=1S/C20H29NO3/c1-13(2)12-16-6-4-5-7-18(16)14(3)19(22)21-17-10-8-15(9-11-17)20(23)24/h4-7,13-15,17H,8-12H2,1-3H3,(H,21,22)(H,23,24)/t14-,15?,17?/m1/s1. The molecular formula is C20H29NO3. The lowest BCUT2D eigenvalue weighted by Crippen LogP contribution is -2.40. The summed E-state index contributed by atoms with van der Waals surface area (Å²) >= 11 is 0. The zero-order valence-electron chi connectivity index (χ0n) is 14.9. The molecule has 0 bridgehead atoms. The van der Waals surface area contributed by atoms with E-state index in [0.29, 0.717) is 18.8 Å². The fourth-order valence-electron chi connectivity index (χ4n) is 3.53. The second-order valence-corrected chi connectivity index (χ2v) is 7.41. The van der Waals surface area contributed by atoms with Gasteiger partial charge in [-0.05, 0) is 56.1 Å². The van der Waals surface area contributed by atoms with E-state index >= 15 is 0 Å². The minimum absolute atomic E-state index is 0.0463. The first-order chi connectivity index (χ1) is 11.4. The lowest BCUT2D eigenvalue weighted by atomic mass is 9.85. The van der Waals surface area contributed by atoms with Gasteiger partial charge in [0.2, 0.25) is 5.91 Å². The van der Waals surface area contributed by atoms with Gasteiger partial charge in [-0.1, -0.05) is 38.1 Å². The van der Waals surface area contributed by atoms with Crippen LogP contribution in [0.1, 0.15) is 63.5 Å². The quantitative estimate of drug-likeness (QED) is 0.834. The maximum Gasteiger partial charge on any atom is 0.306 e. The summed E-state index contributed by atoms with van der Waals surface area (Å²) in [6.07, 6.45) is 3.78. The Kier molecular flexibility index (Phi) is 6.41. The molecule has 0 unspecified atom stereocenters. The molecule has 0 aliphatic heterocycles. The van der Waals surface area contributed by atoms with Crippen molar-refractivity contribution in [3.05, 3.63) is 35.4 Å². The van der Waals surface area contributed by atoms with Crippen molar-refractivity contribution in [2.24, 2.45) is 11.8 Å². The number of benzene rings is 1. The van der Waals surface area contributed by atoms with Gasteiger partial charge in [-0.2, -0.15) is 0 Å². The third-order valence-corrected chi connectivity index (χ3v) is 4.97. The van der Waals surface area contributed by atoms with Crippen molar-refractivity contribution in [3.63, 3.8) is 0 Å². The van der Waals surface area contributed by atoms with E-state index in [1.807, 2.05) is 25.1 Å². The highest BCUT2D eigenvalue weighted by atomic mass is 16.4. The van der Waals surface area contributed by atoms with Crippen LogP contribution in [0.25, 0.3) is 0 Å². The van der Waals surface area contributed by atoms with Gasteiger partial charge in [0, 0.05) is 6.04 Å². The lowest BCUT2D eigenvalue weighted by Gasteiger charge is -2.28. The number of carbonyl (C=O) groups is 2. The molecule has 0 aromatic heterocycles. The van der Waals surface area contributed by atoms with Crippen LogP contribution in [0.4, 0.5) is 0 Å². The van der Waals surface area contributed by atoms with E-state index in [-0.39, 0.29) is 23.8 Å². The van der Waals surface area contributed by atoms with Crippen LogP contribution < -0.4 is 5.32 Å². The first kappa shape index (κ1) is 18.5. The number of carbonyl (C=O) groups excluding carboxylic acids is 1. The van der Waals surface area contributed by atoms with E-state index in [4.69, 9.17) is 5.11 Å². The van der Waals surface area contributed by atoms with Crippen LogP contribution in [0.2, 0.25) is 0 Å². The van der Waals surface area contributed by atoms with Gasteiger partial charge in [-0.3, -0.25) is 9.59 Å². The molecule has 2 rings (SSSR count). The summed E-state index contributed by atoms with van der Waals surface area (Å²) in [7, 11) is 0. The Morgan fingerprint density at radius 3 is 2.33 bits per heavy atom. The topological polar surface area (TPSA) is 66.4 Å². The van der Waals surface area contributed by atoms with Crippen LogP contribution in [0.5, 0.6) is 0 Å². The molecule has 1 aromatic rings. The molecule has 0 radical (unpaired) electrons. The van der Waals surface area contributed by atoms with E-state index in [0.717, 1.165) is 24.8 Å². The molecule has 0 spiro atoms. The van der Waals surface area contributed by atoms with Gasteiger partial charge >= 0.3 is 5.97 Å². The minimum Gasteiger partial charge on any atom is -0.481 e. The summed E-state index contributed by atoms with van der Waals surface area (Å²) in [6, 6.07) is 8.27. The number of aliphatic carboxylic acids is 1. The van der Waals surface area contributed by atoms with E-state index in [2.05, 4.69) is 25.2 Å². The lowest BCUT2D eigenvalue weighted by molar-refractivity contribution is -0.142. The van der Waals surface area contributed by atoms with Crippen LogP contribution in [-0.2, 0) is 16.0 Å². The van der Waals surface area contributed by atoms with Gasteiger partial charge in [0.05, 0.1) is 11.8 Å². The highest BCUT2D eigenvalue weighted by Gasteiger charge is 2.28. The number of hydrogen-bond donors (Lipinski definition) is 2. The maximum atomic E-state index is 12.6. The van der Waals surface area contributed by atoms with Crippen LogP contribution in [0, 0.1) is 11.8 Å². The van der Waals surface area contributed by atoms with E-state index in [1.165, 1.54) is 5.56 Å². The number of rotatable bonds is 6. The first-order valence-corrected chi connectivity index (χ1v) is 8.99. The number of hydrogen-bond acceptors (Lipinski definition) is 2. The molecular weight excluding hydrogens is 302 g/mol. The second-order valence-electron chi connectivity index (χ2n) is 7.41. The molecule has 132 valence electrons. The highest BCUT2D eigenvalue weighted by molar-refractivity contribution is 5.84. The average molecular weight is 331 g/mol. The van der Waals surface area contributed by atoms with Crippen molar-refractivity contribution in [2.75, 3.05) is 0 Å². The zero-order valence-corrected chi connectivity index (χ0v) is 14.9. The van der Waals surface area contributed by atoms with Gasteiger partial charge in [0.15, 0.2) is 0 Å². The maximum absolute atomic E-state index is 12.6. The molecule has 1 aromatic carbocycles. The number of nitrogens with one attached hydrogen (secondary N) is 1. The fourth-order valence-corrected chi connectivity index (χ4v) is 3.53. The number of amides is 1. The highest BCUT2D eigenvalue weighted by Crippen LogP contribution is 2.26.